The lowest BCUT2D eigenvalue weighted by Gasteiger charge is -2.27. The molecule has 1 saturated carbocycles. The number of likely N-dealkylation sites (tertiary alicyclic amines) is 1. The number of ether oxygens (including phenoxy) is 1. The number of aliphatic imine (C=N–C) groups is 1. The van der Waals surface area contributed by atoms with Crippen LogP contribution < -0.4 is 0 Å². The molecule has 2 fully saturated rings. The molecule has 5 rings (SSSR count). The van der Waals surface area contributed by atoms with E-state index in [1.165, 1.54) is 0 Å². The number of fused-ring (bicyclic) bond motifs is 1. The molecule has 1 aliphatic carbocycles. The van der Waals surface area contributed by atoms with E-state index in [2.05, 4.69) is 34.4 Å². The van der Waals surface area contributed by atoms with Gasteiger partial charge in [-0.25, -0.2) is 0 Å². The van der Waals surface area contributed by atoms with E-state index in [-0.39, 0.29) is 17.9 Å². The predicted molar refractivity (Wildman–Crippen MR) is 117 cm³/mol. The first-order valence-electron chi connectivity index (χ1n) is 10.9. The monoisotopic (exact) mass is 420 g/mol. The van der Waals surface area contributed by atoms with Crippen molar-refractivity contribution in [2.45, 2.75) is 51.2 Å². The molecule has 2 aromatic rings. The number of hydrogen-bond acceptors (Lipinski definition) is 5. The van der Waals surface area contributed by atoms with Gasteiger partial charge in [-0.3, -0.25) is 14.5 Å². The summed E-state index contributed by atoms with van der Waals surface area (Å²) < 4.78 is 7.90. The number of aromatic nitrogens is 2. The van der Waals surface area contributed by atoms with Crippen molar-refractivity contribution in [3.63, 3.8) is 0 Å². The van der Waals surface area contributed by atoms with Crippen molar-refractivity contribution in [1.82, 2.24) is 14.7 Å². The van der Waals surface area contributed by atoms with E-state index in [0.717, 1.165) is 47.2 Å². The largest absolute Gasteiger partial charge is 0.390 e. The van der Waals surface area contributed by atoms with Gasteiger partial charge in [-0.15, -0.1) is 0 Å². The minimum Gasteiger partial charge on any atom is -0.390 e. The molecule has 1 saturated heterocycles. The molecule has 31 heavy (non-hydrogen) atoms. The molecule has 1 aromatic carbocycles. The Morgan fingerprint density at radius 1 is 1.23 bits per heavy atom. The third-order valence-corrected chi connectivity index (χ3v) is 6.54. The molecule has 4 atom stereocenters. The van der Waals surface area contributed by atoms with Gasteiger partial charge < -0.3 is 14.7 Å². The van der Waals surface area contributed by atoms with Crippen LogP contribution in [0.25, 0.3) is 11.1 Å². The summed E-state index contributed by atoms with van der Waals surface area (Å²) >= 11 is 0. The highest BCUT2D eigenvalue weighted by Gasteiger charge is 2.44. The Balaban J connectivity index is 1.28. The van der Waals surface area contributed by atoms with Gasteiger partial charge in [0.1, 0.15) is 5.92 Å². The van der Waals surface area contributed by atoms with Crippen molar-refractivity contribution in [3.05, 3.63) is 53.4 Å². The highest BCUT2D eigenvalue weighted by molar-refractivity contribution is 5.90. The van der Waals surface area contributed by atoms with Crippen LogP contribution in [-0.2, 0) is 23.1 Å². The van der Waals surface area contributed by atoms with Gasteiger partial charge >= 0.3 is 0 Å². The van der Waals surface area contributed by atoms with Crippen LogP contribution in [0.4, 0.5) is 0 Å². The lowest BCUT2D eigenvalue weighted by Crippen LogP contribution is -2.37. The molecule has 1 aromatic heterocycles. The molecule has 3 aliphatic rings. The molecular formula is C24H28N4O3. The summed E-state index contributed by atoms with van der Waals surface area (Å²) in [6, 6.07) is 8.32. The number of benzene rings is 1. The van der Waals surface area contributed by atoms with Crippen LogP contribution in [0, 0.1) is 12.8 Å². The van der Waals surface area contributed by atoms with E-state index in [0.29, 0.717) is 13.1 Å². The smallest absolute Gasteiger partial charge is 0.235 e. The second-order valence-corrected chi connectivity index (χ2v) is 8.77. The van der Waals surface area contributed by atoms with Gasteiger partial charge in [0.25, 0.3) is 0 Å². The maximum Gasteiger partial charge on any atom is 0.235 e. The zero-order chi connectivity index (χ0) is 21.5. The number of nitrogens with zero attached hydrogens (tertiary/aromatic N) is 4. The molecule has 0 spiro atoms. The number of carbonyl (C=O) groups excluding carboxylic acids is 1. The molecule has 3 heterocycles. The SMILES string of the molecule is Cc1nn(C)cc1-c1ccc(CN2CC3=CC=NC(O[C@@H]4CCC[C@H]4O)C3C2=O)cc1. The molecule has 0 bridgehead atoms. The lowest BCUT2D eigenvalue weighted by molar-refractivity contribution is -0.138. The fourth-order valence-corrected chi connectivity index (χ4v) is 4.91. The Labute approximate surface area is 182 Å². The number of dihydropyridines is 1. The van der Waals surface area contributed by atoms with Gasteiger partial charge in [-0.1, -0.05) is 24.3 Å². The first kappa shape index (κ1) is 20.2. The Morgan fingerprint density at radius 2 is 2.03 bits per heavy atom. The number of aliphatic hydroxyl groups excluding tert-OH is 1. The van der Waals surface area contributed by atoms with Crippen LogP contribution >= 0.6 is 0 Å². The van der Waals surface area contributed by atoms with Crippen LogP contribution in [0.2, 0.25) is 0 Å². The quantitative estimate of drug-likeness (QED) is 0.806. The van der Waals surface area contributed by atoms with Crippen LogP contribution in [0.3, 0.4) is 0 Å². The molecule has 2 aliphatic heterocycles. The van der Waals surface area contributed by atoms with E-state index in [1.54, 1.807) is 6.21 Å². The number of rotatable bonds is 5. The first-order chi connectivity index (χ1) is 15.0. The number of carbonyl (C=O) groups is 1. The predicted octanol–water partition coefficient (Wildman–Crippen LogP) is 2.62. The van der Waals surface area contributed by atoms with Gasteiger partial charge in [0.05, 0.1) is 17.9 Å². The second kappa shape index (κ2) is 8.05. The third-order valence-electron chi connectivity index (χ3n) is 6.54. The first-order valence-corrected chi connectivity index (χ1v) is 10.9. The Hall–Kier alpha value is -2.77. The van der Waals surface area contributed by atoms with Gasteiger partial charge in [-0.2, -0.15) is 5.10 Å². The van der Waals surface area contributed by atoms with Gasteiger partial charge in [0, 0.05) is 38.1 Å². The maximum absolute atomic E-state index is 13.2. The highest BCUT2D eigenvalue weighted by Crippen LogP contribution is 2.35. The summed E-state index contributed by atoms with van der Waals surface area (Å²) in [5, 5.41) is 14.5. The third kappa shape index (κ3) is 3.83. The average Bonchev–Trinajstić information content (AvgIpc) is 3.41. The van der Waals surface area contributed by atoms with Crippen molar-refractivity contribution in [2.75, 3.05) is 6.54 Å². The highest BCUT2D eigenvalue weighted by atomic mass is 16.5. The summed E-state index contributed by atoms with van der Waals surface area (Å²) in [6.45, 7) is 3.15. The van der Waals surface area contributed by atoms with Crippen molar-refractivity contribution in [2.24, 2.45) is 18.0 Å². The zero-order valence-electron chi connectivity index (χ0n) is 17.9. The number of amides is 1. The number of aryl methyl sites for hydroxylation is 2. The Morgan fingerprint density at radius 3 is 2.71 bits per heavy atom. The van der Waals surface area contributed by atoms with Gasteiger partial charge in [0.15, 0.2) is 6.23 Å². The number of hydrogen-bond donors (Lipinski definition) is 1. The van der Waals surface area contributed by atoms with Crippen molar-refractivity contribution in [1.29, 1.82) is 0 Å². The molecule has 162 valence electrons. The standard InChI is InChI=1S/C24H28N4O3/c1-15-19(14-27(2)26-15)17-8-6-16(7-9-17)12-28-13-18-10-11-25-23(22(18)24(28)30)31-21-5-3-4-20(21)29/h6-11,14,20-23,29H,3-5,12-13H2,1-2H3/t20-,21-,22?,23?/m1/s1. The number of allylic oxidation sites excluding steroid dienone is 1. The lowest BCUT2D eigenvalue weighted by atomic mass is 9.98. The van der Waals surface area contributed by atoms with Crippen molar-refractivity contribution >= 4 is 12.1 Å². The summed E-state index contributed by atoms with van der Waals surface area (Å²) in [5.41, 5.74) is 5.37. The summed E-state index contributed by atoms with van der Waals surface area (Å²) in [6.07, 6.45) is 6.98. The van der Waals surface area contributed by atoms with Crippen LogP contribution in [0.5, 0.6) is 0 Å². The van der Waals surface area contributed by atoms with Crippen LogP contribution in [-0.4, -0.2) is 56.9 Å². The van der Waals surface area contributed by atoms with Crippen molar-refractivity contribution in [3.8, 4) is 11.1 Å². The number of aliphatic hydroxyl groups is 1. The molecule has 0 radical (unpaired) electrons. The second-order valence-electron chi connectivity index (χ2n) is 8.77. The van der Waals surface area contributed by atoms with Crippen LogP contribution in [0.15, 0.2) is 47.1 Å². The molecular weight excluding hydrogens is 392 g/mol. The maximum atomic E-state index is 13.2. The van der Waals surface area contributed by atoms with E-state index < -0.39 is 12.3 Å². The van der Waals surface area contributed by atoms with E-state index >= 15 is 0 Å². The average molecular weight is 421 g/mol. The Kier molecular flexibility index (Phi) is 5.24. The normalized spacial score (nSPS) is 27.6. The fraction of sp³-hybridized carbons (Fsp3) is 0.458. The van der Waals surface area contributed by atoms with Crippen molar-refractivity contribution < 1.29 is 14.6 Å². The topological polar surface area (TPSA) is 80.0 Å². The summed E-state index contributed by atoms with van der Waals surface area (Å²) in [7, 11) is 1.92. The van der Waals surface area contributed by atoms with Crippen LogP contribution in [0.1, 0.15) is 30.5 Å². The fourth-order valence-electron chi connectivity index (χ4n) is 4.91. The van der Waals surface area contributed by atoms with Gasteiger partial charge in [-0.05, 0) is 49.0 Å². The molecule has 7 nitrogen and oxygen atoms in total. The van der Waals surface area contributed by atoms with Gasteiger partial charge in [0.2, 0.25) is 5.91 Å². The zero-order valence-corrected chi connectivity index (χ0v) is 17.9. The molecule has 7 heteroatoms. The van der Waals surface area contributed by atoms with E-state index in [4.69, 9.17) is 4.74 Å². The summed E-state index contributed by atoms with van der Waals surface area (Å²) in [4.78, 5) is 19.5. The molecule has 1 amide bonds. The molecule has 2 unspecified atom stereocenters. The molecule has 1 N–H and O–H groups in total. The minimum absolute atomic E-state index is 0.0489. The minimum atomic E-state index is -0.536. The van der Waals surface area contributed by atoms with E-state index in [9.17, 15) is 9.90 Å². The summed E-state index contributed by atoms with van der Waals surface area (Å²) in [5.74, 6) is -0.331. The van der Waals surface area contributed by atoms with E-state index in [1.807, 2.05) is 35.8 Å². The Bertz CT molecular complexity index is 1040.